The van der Waals surface area contributed by atoms with Gasteiger partial charge < -0.3 is 5.73 Å². The summed E-state index contributed by atoms with van der Waals surface area (Å²) in [5.41, 5.74) is 6.18. The first-order valence-electron chi connectivity index (χ1n) is 2.96. The monoisotopic (exact) mass is 167 g/mol. The van der Waals surface area contributed by atoms with Gasteiger partial charge in [0.1, 0.15) is 16.8 Å². The Hall–Kier alpha value is -1.43. The molecule has 11 heavy (non-hydrogen) atoms. The molecule has 0 unspecified atom stereocenters. The van der Waals surface area contributed by atoms with Crippen molar-refractivity contribution in [2.24, 2.45) is 0 Å². The van der Waals surface area contributed by atoms with Crippen LogP contribution in [0.25, 0.3) is 11.0 Å². The van der Waals surface area contributed by atoms with E-state index >= 15 is 0 Å². The molecule has 0 saturated carbocycles. The minimum absolute atomic E-state index is 0.400. The molecule has 0 bridgehead atoms. The molecule has 0 radical (unpaired) electrons. The number of hydrogen-bond acceptors (Lipinski definition) is 4. The van der Waals surface area contributed by atoms with Gasteiger partial charge in [0.15, 0.2) is 5.65 Å². The second kappa shape index (κ2) is 2.03. The van der Waals surface area contributed by atoms with Crippen molar-refractivity contribution in [3.63, 3.8) is 0 Å². The summed E-state index contributed by atoms with van der Waals surface area (Å²) in [6.45, 7) is 0. The summed E-state index contributed by atoms with van der Waals surface area (Å²) in [5, 5.41) is 6.18. The third-order valence-electron chi connectivity index (χ3n) is 1.40. The lowest BCUT2D eigenvalue weighted by Gasteiger charge is -1.89. The smallest absolute Gasteiger partial charge is 0.160 e. The van der Waals surface area contributed by atoms with Gasteiger partial charge in [0.05, 0.1) is 5.39 Å². The van der Waals surface area contributed by atoms with E-state index < -0.39 is 0 Å². The van der Waals surface area contributed by atoms with E-state index in [1.165, 1.54) is 6.33 Å². The summed E-state index contributed by atoms with van der Waals surface area (Å²) in [7, 11) is 0. The number of H-pyrrole nitrogens is 2. The van der Waals surface area contributed by atoms with Crippen LogP contribution in [0.4, 0.5) is 5.82 Å². The number of nitrogens with one attached hydrogen (secondary N) is 2. The standard InChI is InChI=1S/C5H5N5S/c6-3-2-4(8-1-7-3)9-10-5(2)11/h1H,(H4,6,7,8,9,10,11). The number of nitrogen functional groups attached to an aromatic ring is 1. The average molecular weight is 167 g/mol. The van der Waals surface area contributed by atoms with E-state index in [0.717, 1.165) is 0 Å². The van der Waals surface area contributed by atoms with Crippen molar-refractivity contribution in [1.29, 1.82) is 0 Å². The van der Waals surface area contributed by atoms with Gasteiger partial charge in [-0.2, -0.15) is 0 Å². The highest BCUT2D eigenvalue weighted by molar-refractivity contribution is 7.71. The maximum Gasteiger partial charge on any atom is 0.160 e. The number of aromatic amines is 2. The summed E-state index contributed by atoms with van der Waals surface area (Å²) in [6, 6.07) is 0. The van der Waals surface area contributed by atoms with Gasteiger partial charge in [-0.1, -0.05) is 12.2 Å². The van der Waals surface area contributed by atoms with Crippen LogP contribution in [-0.2, 0) is 0 Å². The molecular formula is C5H5N5S. The third-order valence-corrected chi connectivity index (χ3v) is 1.70. The fourth-order valence-corrected chi connectivity index (χ4v) is 1.15. The Labute approximate surface area is 66.6 Å². The highest BCUT2D eigenvalue weighted by atomic mass is 32.1. The molecule has 0 atom stereocenters. The Morgan fingerprint density at radius 1 is 1.36 bits per heavy atom. The van der Waals surface area contributed by atoms with E-state index in [4.69, 9.17) is 18.0 Å². The molecule has 0 aromatic carbocycles. The van der Waals surface area contributed by atoms with Crippen molar-refractivity contribution in [1.82, 2.24) is 20.2 Å². The Morgan fingerprint density at radius 2 is 2.18 bits per heavy atom. The maximum absolute atomic E-state index is 5.54. The van der Waals surface area contributed by atoms with Crippen LogP contribution in [0, 0.1) is 4.64 Å². The Bertz CT molecular complexity index is 441. The Morgan fingerprint density at radius 3 is 2.91 bits per heavy atom. The first kappa shape index (κ1) is 6.29. The lowest BCUT2D eigenvalue weighted by molar-refractivity contribution is 1.08. The number of hydrogen-bond donors (Lipinski definition) is 3. The van der Waals surface area contributed by atoms with E-state index in [-0.39, 0.29) is 0 Å². The fourth-order valence-electron chi connectivity index (χ4n) is 0.896. The minimum atomic E-state index is 0.400. The normalized spacial score (nSPS) is 10.5. The molecule has 2 heterocycles. The molecule has 6 heteroatoms. The van der Waals surface area contributed by atoms with Crippen LogP contribution in [0.5, 0.6) is 0 Å². The summed E-state index contributed by atoms with van der Waals surface area (Å²) < 4.78 is 0.540. The number of fused-ring (bicyclic) bond motifs is 1. The van der Waals surface area contributed by atoms with Crippen molar-refractivity contribution in [2.45, 2.75) is 0 Å². The van der Waals surface area contributed by atoms with Crippen molar-refractivity contribution >= 4 is 29.1 Å². The molecule has 0 aliphatic heterocycles. The van der Waals surface area contributed by atoms with Gasteiger partial charge in [0.2, 0.25) is 0 Å². The number of nitrogens with zero attached hydrogens (tertiary/aromatic N) is 2. The summed E-state index contributed by atoms with van der Waals surface area (Å²) in [4.78, 5) is 7.72. The van der Waals surface area contributed by atoms with Gasteiger partial charge in [0.25, 0.3) is 0 Å². The lowest BCUT2D eigenvalue weighted by atomic mass is 10.4. The summed E-state index contributed by atoms with van der Waals surface area (Å²) in [5.74, 6) is 0.400. The zero-order valence-corrected chi connectivity index (χ0v) is 6.27. The van der Waals surface area contributed by atoms with Gasteiger partial charge >= 0.3 is 0 Å². The molecule has 0 aliphatic carbocycles. The molecule has 0 amide bonds. The number of aromatic nitrogens is 4. The highest BCUT2D eigenvalue weighted by Crippen LogP contribution is 2.13. The van der Waals surface area contributed by atoms with Crippen molar-refractivity contribution < 1.29 is 0 Å². The van der Waals surface area contributed by atoms with Crippen LogP contribution in [-0.4, -0.2) is 20.2 Å². The van der Waals surface area contributed by atoms with Crippen molar-refractivity contribution in [3.8, 4) is 0 Å². The van der Waals surface area contributed by atoms with Crippen molar-refractivity contribution in [2.75, 3.05) is 5.73 Å². The van der Waals surface area contributed by atoms with Gasteiger partial charge in [-0.25, -0.2) is 9.97 Å². The van der Waals surface area contributed by atoms with Crippen LogP contribution in [0.1, 0.15) is 0 Å². The second-order valence-electron chi connectivity index (χ2n) is 2.06. The minimum Gasteiger partial charge on any atom is -0.383 e. The third kappa shape index (κ3) is 0.795. The van der Waals surface area contributed by atoms with E-state index in [0.29, 0.717) is 21.5 Å². The first-order chi connectivity index (χ1) is 5.29. The van der Waals surface area contributed by atoms with Crippen molar-refractivity contribution in [3.05, 3.63) is 11.0 Å². The number of anilines is 1. The molecule has 0 saturated heterocycles. The quantitative estimate of drug-likeness (QED) is 0.501. The zero-order valence-electron chi connectivity index (χ0n) is 5.46. The maximum atomic E-state index is 5.54. The molecule has 0 fully saturated rings. The second-order valence-corrected chi connectivity index (χ2v) is 2.47. The first-order valence-corrected chi connectivity index (χ1v) is 3.36. The molecule has 2 rings (SSSR count). The summed E-state index contributed by atoms with van der Waals surface area (Å²) in [6.07, 6.45) is 1.39. The molecule has 5 nitrogen and oxygen atoms in total. The predicted molar refractivity (Wildman–Crippen MR) is 43.5 cm³/mol. The van der Waals surface area contributed by atoms with Crippen LogP contribution in [0.2, 0.25) is 0 Å². The zero-order chi connectivity index (χ0) is 7.84. The van der Waals surface area contributed by atoms with E-state index in [9.17, 15) is 0 Å². The van der Waals surface area contributed by atoms with E-state index in [2.05, 4.69) is 20.2 Å². The van der Waals surface area contributed by atoms with Crippen LogP contribution in [0.3, 0.4) is 0 Å². The van der Waals surface area contributed by atoms with Gasteiger partial charge in [-0.05, 0) is 0 Å². The SMILES string of the molecule is Nc1ncnc2[nH][nH]c(=S)c12. The van der Waals surface area contributed by atoms with Crippen LogP contribution >= 0.6 is 12.2 Å². The van der Waals surface area contributed by atoms with Gasteiger partial charge in [-0.3, -0.25) is 10.2 Å². The number of nitrogens with two attached hydrogens (primary N) is 1. The van der Waals surface area contributed by atoms with Gasteiger partial charge in [0, 0.05) is 0 Å². The summed E-state index contributed by atoms with van der Waals surface area (Å²) >= 11 is 4.93. The van der Waals surface area contributed by atoms with E-state index in [1.54, 1.807) is 0 Å². The molecule has 56 valence electrons. The molecular weight excluding hydrogens is 162 g/mol. The largest absolute Gasteiger partial charge is 0.383 e. The number of rotatable bonds is 0. The Kier molecular flexibility index (Phi) is 1.16. The van der Waals surface area contributed by atoms with E-state index in [1.807, 2.05) is 0 Å². The molecule has 2 aromatic heterocycles. The lowest BCUT2D eigenvalue weighted by Crippen LogP contribution is -1.91. The molecule has 0 spiro atoms. The average Bonchev–Trinajstić information content (AvgIpc) is 2.34. The molecule has 2 aromatic rings. The molecule has 4 N–H and O–H groups in total. The van der Waals surface area contributed by atoms with Crippen LogP contribution in [0.15, 0.2) is 6.33 Å². The fraction of sp³-hybridized carbons (Fsp3) is 0. The topological polar surface area (TPSA) is 83.4 Å². The van der Waals surface area contributed by atoms with Gasteiger partial charge in [-0.15, -0.1) is 0 Å². The Balaban J connectivity index is 3.08. The molecule has 0 aliphatic rings. The van der Waals surface area contributed by atoms with Crippen LogP contribution < -0.4 is 5.73 Å². The highest BCUT2D eigenvalue weighted by Gasteiger charge is 2.02. The predicted octanol–water partition coefficient (Wildman–Crippen LogP) is 0.598.